The van der Waals surface area contributed by atoms with Crippen molar-refractivity contribution in [3.63, 3.8) is 0 Å². The van der Waals surface area contributed by atoms with Gasteiger partial charge in [-0.1, -0.05) is 279 Å². The van der Waals surface area contributed by atoms with Crippen LogP contribution in [0.25, 0.3) is 247 Å². The molecule has 0 aliphatic carbocycles. The van der Waals surface area contributed by atoms with Gasteiger partial charge < -0.3 is 27.4 Å². The van der Waals surface area contributed by atoms with Crippen LogP contribution in [-0.4, -0.2) is 55.6 Å². The molecular formula is C117H72N12. The van der Waals surface area contributed by atoms with E-state index in [1.54, 1.807) is 0 Å². The maximum absolute atomic E-state index is 4.90. The van der Waals surface area contributed by atoms with Crippen LogP contribution in [0.15, 0.2) is 438 Å². The van der Waals surface area contributed by atoms with Crippen molar-refractivity contribution in [3.05, 3.63) is 438 Å². The number of hydrogen-bond acceptors (Lipinski definition) is 3. The second-order valence-electron chi connectivity index (χ2n) is 33.7. The average Bonchev–Trinajstić information content (AvgIpc) is 1.51. The minimum Gasteiger partial charge on any atom is -0.309 e. The summed E-state index contributed by atoms with van der Waals surface area (Å²) in [5, 5.41) is 25.8. The number of fused-ring (bicyclic) bond motifs is 44. The van der Waals surface area contributed by atoms with Gasteiger partial charge in [-0.2, -0.15) is 0 Å². The van der Waals surface area contributed by atoms with Crippen molar-refractivity contribution in [2.75, 3.05) is 0 Å². The normalized spacial score (nSPS) is 12.2. The summed E-state index contributed by atoms with van der Waals surface area (Å²) < 4.78 is 21.6. The molecule has 0 aliphatic rings. The molecule has 129 heavy (non-hydrogen) atoms. The highest BCUT2D eigenvalue weighted by molar-refractivity contribution is 6.43. The molecule has 30 rings (SSSR count). The van der Waals surface area contributed by atoms with Gasteiger partial charge in [0.15, 0.2) is 0 Å². The van der Waals surface area contributed by atoms with E-state index in [1.807, 2.05) is 18.6 Å². The highest BCUT2D eigenvalue weighted by Crippen LogP contribution is 2.53. The Balaban J connectivity index is 0.0000000976. The van der Waals surface area contributed by atoms with Crippen molar-refractivity contribution in [3.8, 4) is 34.1 Å². The third kappa shape index (κ3) is 9.88. The first-order chi connectivity index (χ1) is 64.2. The molecule has 12 heteroatoms. The van der Waals surface area contributed by atoms with Gasteiger partial charge in [0.1, 0.15) is 16.9 Å². The molecule has 0 unspecified atom stereocenters. The second-order valence-corrected chi connectivity index (χ2v) is 33.7. The van der Waals surface area contributed by atoms with Crippen LogP contribution in [0.3, 0.4) is 0 Å². The molecule has 0 spiro atoms. The third-order valence-corrected chi connectivity index (χ3v) is 27.2. The lowest BCUT2D eigenvalue weighted by molar-refractivity contribution is 1.15. The molecule has 0 bridgehead atoms. The summed E-state index contributed by atoms with van der Waals surface area (Å²) in [5.41, 5.74) is 27.8. The Labute approximate surface area is 735 Å². The summed E-state index contributed by atoms with van der Waals surface area (Å²) in [6.07, 6.45) is 12.1. The standard InChI is InChI=1S/3C39H24N4/c1-3-13-25(14-4-1)42-31-21-11-9-19-29(31)34-33-27-17-7-8-18-28(27)39-40-23-24-41(39)37(33)38-35(36(34)42)30-20-10-12-22-32(30)43(38)26-15-5-2-6-16-26;1-3-13-25(14-4-1)42-31-21-11-9-19-29(31)34-33-27-17-7-8-18-28(27)39-40-23-24-41(39)36(33)35-30-20-10-12-22-32(30)43(38(35)37(34)42)26-15-5-2-6-16-26;1-3-11-25(12-4-1)42-31-18-10-9-17-29(31)37-34(42)20-19-30-36-33(43(38(30)37)26-13-5-2-6-14-26)22-21-32-35(36)27-15-7-8-16-28(27)39-40-23-24-41(32)39/h3*1-24H. The van der Waals surface area contributed by atoms with E-state index in [0.717, 1.165) is 72.7 Å². The Morgan fingerprint density at radius 3 is 0.814 bits per heavy atom. The topological polar surface area (TPSA) is 81.5 Å². The van der Waals surface area contributed by atoms with Gasteiger partial charge >= 0.3 is 0 Å². The van der Waals surface area contributed by atoms with Gasteiger partial charge in [-0.3, -0.25) is 13.2 Å². The van der Waals surface area contributed by atoms with Crippen LogP contribution in [0.1, 0.15) is 0 Å². The number of pyridine rings is 3. The Kier molecular flexibility index (Phi) is 15.1. The summed E-state index contributed by atoms with van der Waals surface area (Å²) in [6, 6.07) is 144. The lowest BCUT2D eigenvalue weighted by Crippen LogP contribution is -2.00. The molecule has 0 fully saturated rings. The zero-order valence-electron chi connectivity index (χ0n) is 69.4. The largest absolute Gasteiger partial charge is 0.309 e. The van der Waals surface area contributed by atoms with E-state index < -0.39 is 0 Å². The molecular weight excluding hydrogens is 1570 g/mol. The number of hydrogen-bond donors (Lipinski definition) is 0. The van der Waals surface area contributed by atoms with Crippen molar-refractivity contribution in [2.24, 2.45) is 0 Å². The van der Waals surface area contributed by atoms with Gasteiger partial charge in [0.25, 0.3) is 0 Å². The Bertz CT molecular complexity index is 9890. The van der Waals surface area contributed by atoms with E-state index in [-0.39, 0.29) is 0 Å². The van der Waals surface area contributed by atoms with Crippen molar-refractivity contribution in [1.29, 1.82) is 0 Å². The molecule has 12 aromatic heterocycles. The molecule has 0 radical (unpaired) electrons. The van der Waals surface area contributed by atoms with Crippen molar-refractivity contribution >= 4 is 213 Å². The number of nitrogens with zero attached hydrogens (tertiary/aromatic N) is 12. The molecule has 0 N–H and O–H groups in total. The predicted octanol–water partition coefficient (Wildman–Crippen LogP) is 29.5. The fourth-order valence-corrected chi connectivity index (χ4v) is 22.3. The Morgan fingerprint density at radius 1 is 0.132 bits per heavy atom. The zero-order chi connectivity index (χ0) is 84.2. The maximum Gasteiger partial charge on any atom is 0.145 e. The zero-order valence-corrected chi connectivity index (χ0v) is 69.4. The molecule has 0 aliphatic heterocycles. The van der Waals surface area contributed by atoms with Gasteiger partial charge in [-0.15, -0.1) is 0 Å². The van der Waals surface area contributed by atoms with Crippen LogP contribution in [0, 0.1) is 0 Å². The summed E-state index contributed by atoms with van der Waals surface area (Å²) in [7, 11) is 0. The van der Waals surface area contributed by atoms with Crippen LogP contribution < -0.4 is 0 Å². The highest BCUT2D eigenvalue weighted by atomic mass is 15.1. The first kappa shape index (κ1) is 70.9. The molecule has 18 aromatic carbocycles. The van der Waals surface area contributed by atoms with Crippen molar-refractivity contribution in [2.45, 2.75) is 0 Å². The lowest BCUT2D eigenvalue weighted by atomic mass is 9.97. The summed E-state index contributed by atoms with van der Waals surface area (Å²) >= 11 is 0. The van der Waals surface area contributed by atoms with E-state index >= 15 is 0 Å². The first-order valence-electron chi connectivity index (χ1n) is 44.0. The van der Waals surface area contributed by atoms with E-state index in [0.29, 0.717) is 0 Å². The SMILES string of the molecule is c1ccc(-n2c3ccccc3c3c2ccc2c4c5c6ccccc6c6nccn6c5ccc4n(-c4ccccc4)c23)cc1.c1ccc(-n2c3ccccc3c3c4c5ccccc5c5nccn5c4c4c(c5ccccc5n4-c4ccccc4)c32)cc1.c1ccc(-n2c3ccccc3c3c4c5ccccc5c5nccn5c4c4c5ccccc5n(-c5ccccc5)c4c32)cc1. The van der Waals surface area contributed by atoms with Crippen LogP contribution in [-0.2, 0) is 0 Å². The van der Waals surface area contributed by atoms with Crippen LogP contribution in [0.5, 0.6) is 0 Å². The van der Waals surface area contributed by atoms with Gasteiger partial charge in [0.2, 0.25) is 0 Å². The lowest BCUT2D eigenvalue weighted by Gasteiger charge is -2.16. The first-order valence-corrected chi connectivity index (χ1v) is 44.0. The number of rotatable bonds is 6. The van der Waals surface area contributed by atoms with E-state index in [1.165, 1.54) is 174 Å². The number of benzene rings is 18. The summed E-state index contributed by atoms with van der Waals surface area (Å²) in [5.74, 6) is 0. The van der Waals surface area contributed by atoms with Crippen LogP contribution in [0.2, 0.25) is 0 Å². The van der Waals surface area contributed by atoms with Crippen LogP contribution in [0.4, 0.5) is 0 Å². The molecule has 0 saturated heterocycles. The van der Waals surface area contributed by atoms with E-state index in [4.69, 9.17) is 15.0 Å². The Hall–Kier alpha value is -17.6. The Morgan fingerprint density at radius 2 is 0.380 bits per heavy atom. The molecule has 12 heterocycles. The maximum atomic E-state index is 4.90. The number of imidazole rings is 3. The highest BCUT2D eigenvalue weighted by Gasteiger charge is 2.32. The van der Waals surface area contributed by atoms with Gasteiger partial charge in [-0.05, 0) is 137 Å². The van der Waals surface area contributed by atoms with E-state index in [9.17, 15) is 0 Å². The fraction of sp³-hybridized carbons (Fsp3) is 0. The monoisotopic (exact) mass is 1640 g/mol. The molecule has 0 atom stereocenters. The fourth-order valence-electron chi connectivity index (χ4n) is 22.3. The predicted molar refractivity (Wildman–Crippen MR) is 537 cm³/mol. The smallest absolute Gasteiger partial charge is 0.145 e. The van der Waals surface area contributed by atoms with Crippen LogP contribution >= 0.6 is 0 Å². The molecule has 0 saturated carbocycles. The molecule has 30 aromatic rings. The summed E-state index contributed by atoms with van der Waals surface area (Å²) in [6.45, 7) is 0. The molecule has 600 valence electrons. The number of para-hydroxylation sites is 11. The van der Waals surface area contributed by atoms with E-state index in [2.05, 4.69) is 460 Å². The van der Waals surface area contributed by atoms with Gasteiger partial charge in [0, 0.05) is 168 Å². The minimum absolute atomic E-state index is 0.973. The minimum atomic E-state index is 0.973. The molecule has 0 amide bonds. The van der Waals surface area contributed by atoms with Gasteiger partial charge in [0.05, 0.1) is 82.8 Å². The van der Waals surface area contributed by atoms with Crippen molar-refractivity contribution in [1.82, 2.24) is 55.6 Å². The quantitative estimate of drug-likeness (QED) is 0.156. The second kappa shape index (κ2) is 27.4. The molecule has 12 nitrogen and oxygen atoms in total. The van der Waals surface area contributed by atoms with Gasteiger partial charge in [-0.25, -0.2) is 15.0 Å². The van der Waals surface area contributed by atoms with Crippen molar-refractivity contribution < 1.29 is 0 Å². The average molecular weight is 1650 g/mol. The third-order valence-electron chi connectivity index (χ3n) is 27.2. The summed E-state index contributed by atoms with van der Waals surface area (Å²) in [4.78, 5) is 14.6. The number of aromatic nitrogens is 12.